The molecule has 1 saturated carbocycles. The van der Waals surface area contributed by atoms with Gasteiger partial charge in [-0.25, -0.2) is 0 Å². The molecule has 1 aromatic carbocycles. The molecule has 0 spiro atoms. The molecule has 1 N–H and O–H groups in total. The summed E-state index contributed by atoms with van der Waals surface area (Å²) in [5.41, 5.74) is 1.18. The van der Waals surface area contributed by atoms with E-state index in [9.17, 15) is 0 Å². The average Bonchev–Trinajstić information content (AvgIpc) is 2.68. The summed E-state index contributed by atoms with van der Waals surface area (Å²) in [5.74, 6) is 0. The van der Waals surface area contributed by atoms with Crippen LogP contribution < -0.4 is 5.32 Å². The molecule has 0 aromatic heterocycles. The van der Waals surface area contributed by atoms with E-state index in [-0.39, 0.29) is 11.6 Å². The van der Waals surface area contributed by atoms with Crippen LogP contribution in [0.5, 0.6) is 0 Å². The molecule has 1 fully saturated rings. The second kappa shape index (κ2) is 6.74. The van der Waals surface area contributed by atoms with Crippen LogP contribution in [0.3, 0.4) is 0 Å². The van der Waals surface area contributed by atoms with Gasteiger partial charge in [0.15, 0.2) is 0 Å². The highest BCUT2D eigenvalue weighted by Crippen LogP contribution is 2.40. The van der Waals surface area contributed by atoms with Crippen LogP contribution in [0.4, 0.5) is 0 Å². The number of likely N-dealkylation sites (N-methyl/N-ethyl adjacent to an activating group) is 1. The van der Waals surface area contributed by atoms with Gasteiger partial charge in [0.25, 0.3) is 0 Å². The third kappa shape index (κ3) is 3.31. The number of halogens is 1. The predicted octanol–water partition coefficient (Wildman–Crippen LogP) is 4.34. The van der Waals surface area contributed by atoms with Gasteiger partial charge in [0.1, 0.15) is 0 Å². The third-order valence-electron chi connectivity index (χ3n) is 4.37. The summed E-state index contributed by atoms with van der Waals surface area (Å²) in [6.45, 7) is 0. The van der Waals surface area contributed by atoms with Gasteiger partial charge < -0.3 is 10.1 Å². The van der Waals surface area contributed by atoms with E-state index in [0.717, 1.165) is 17.9 Å². The van der Waals surface area contributed by atoms with Crippen LogP contribution in [-0.4, -0.2) is 19.8 Å². The zero-order chi connectivity index (χ0) is 13.7. The molecule has 1 aliphatic rings. The van der Waals surface area contributed by atoms with Gasteiger partial charge >= 0.3 is 0 Å². The van der Waals surface area contributed by atoms with Gasteiger partial charge in [-0.3, -0.25) is 0 Å². The van der Waals surface area contributed by atoms with Gasteiger partial charge in [0.05, 0.1) is 11.6 Å². The highest BCUT2D eigenvalue weighted by molar-refractivity contribution is 6.30. The molecule has 1 aromatic rings. The van der Waals surface area contributed by atoms with Crippen LogP contribution in [-0.2, 0) is 4.74 Å². The lowest BCUT2D eigenvalue weighted by Crippen LogP contribution is -2.44. The van der Waals surface area contributed by atoms with Crippen molar-refractivity contribution in [1.29, 1.82) is 0 Å². The Morgan fingerprint density at radius 3 is 2.16 bits per heavy atom. The van der Waals surface area contributed by atoms with Gasteiger partial charge in [0, 0.05) is 12.1 Å². The van der Waals surface area contributed by atoms with Crippen molar-refractivity contribution in [1.82, 2.24) is 5.32 Å². The first-order valence-corrected chi connectivity index (χ1v) is 7.57. The van der Waals surface area contributed by atoms with E-state index >= 15 is 0 Å². The second-order valence-corrected chi connectivity index (χ2v) is 5.89. The average molecular weight is 282 g/mol. The van der Waals surface area contributed by atoms with Crippen LogP contribution >= 0.6 is 11.6 Å². The molecule has 0 amide bonds. The molecule has 0 aliphatic heterocycles. The molecule has 0 heterocycles. The molecule has 1 unspecified atom stereocenters. The normalized spacial score (nSPS) is 20.8. The highest BCUT2D eigenvalue weighted by Gasteiger charge is 2.39. The molecule has 3 heteroatoms. The first kappa shape index (κ1) is 14.8. The van der Waals surface area contributed by atoms with Gasteiger partial charge in [-0.05, 0) is 37.6 Å². The van der Waals surface area contributed by atoms with Crippen molar-refractivity contribution in [3.63, 3.8) is 0 Å². The SMILES string of the molecule is CNC(c1ccc(Cl)cc1)C1(OC)CCCCCC1. The smallest absolute Gasteiger partial charge is 0.0872 e. The summed E-state index contributed by atoms with van der Waals surface area (Å²) < 4.78 is 6.00. The fraction of sp³-hybridized carbons (Fsp3) is 0.625. The van der Waals surface area contributed by atoms with Gasteiger partial charge in [-0.15, -0.1) is 0 Å². The molecule has 0 saturated heterocycles. The molecule has 2 rings (SSSR count). The van der Waals surface area contributed by atoms with Crippen molar-refractivity contribution in [2.45, 2.75) is 50.2 Å². The standard InChI is InChI=1S/C16H24ClNO/c1-18-15(13-7-9-14(17)10-8-13)16(19-2)11-5-3-4-6-12-16/h7-10,15,18H,3-6,11-12H2,1-2H3. The van der Waals surface area contributed by atoms with Crippen molar-refractivity contribution >= 4 is 11.6 Å². The lowest BCUT2D eigenvalue weighted by molar-refractivity contribution is -0.0522. The number of hydrogen-bond acceptors (Lipinski definition) is 2. The first-order chi connectivity index (χ1) is 9.22. The van der Waals surface area contributed by atoms with Crippen molar-refractivity contribution in [2.75, 3.05) is 14.2 Å². The molecule has 1 aliphatic carbocycles. The number of ether oxygens (including phenoxy) is 1. The second-order valence-electron chi connectivity index (χ2n) is 5.46. The fourth-order valence-corrected chi connectivity index (χ4v) is 3.45. The Kier molecular flexibility index (Phi) is 5.26. The lowest BCUT2D eigenvalue weighted by atomic mass is 9.82. The summed E-state index contributed by atoms with van der Waals surface area (Å²) >= 11 is 5.99. The van der Waals surface area contributed by atoms with Gasteiger partial charge in [-0.1, -0.05) is 49.4 Å². The largest absolute Gasteiger partial charge is 0.376 e. The molecule has 2 nitrogen and oxygen atoms in total. The van der Waals surface area contributed by atoms with Crippen LogP contribution in [0.2, 0.25) is 5.02 Å². The van der Waals surface area contributed by atoms with Crippen molar-refractivity contribution < 1.29 is 4.74 Å². The maximum atomic E-state index is 6.00. The molecular formula is C16H24ClNO. The van der Waals surface area contributed by atoms with Crippen LogP contribution in [0.15, 0.2) is 24.3 Å². The summed E-state index contributed by atoms with van der Waals surface area (Å²) in [6, 6.07) is 8.36. The molecule has 1 atom stereocenters. The Morgan fingerprint density at radius 2 is 1.68 bits per heavy atom. The summed E-state index contributed by atoms with van der Waals surface area (Å²) in [4.78, 5) is 0. The fourth-order valence-electron chi connectivity index (χ4n) is 3.33. The Labute approximate surface area is 121 Å². The van der Waals surface area contributed by atoms with E-state index in [1.165, 1.54) is 31.2 Å². The summed E-state index contributed by atoms with van der Waals surface area (Å²) in [7, 11) is 3.87. The Bertz CT molecular complexity index is 382. The zero-order valence-corrected chi connectivity index (χ0v) is 12.7. The number of hydrogen-bond donors (Lipinski definition) is 1. The van der Waals surface area contributed by atoms with Gasteiger partial charge in [0.2, 0.25) is 0 Å². The maximum Gasteiger partial charge on any atom is 0.0872 e. The topological polar surface area (TPSA) is 21.3 Å². The number of benzene rings is 1. The van der Waals surface area contributed by atoms with E-state index in [1.54, 1.807) is 0 Å². The number of methoxy groups -OCH3 is 1. The Hall–Kier alpha value is -0.570. The molecule has 0 radical (unpaired) electrons. The minimum atomic E-state index is -0.0842. The summed E-state index contributed by atoms with van der Waals surface area (Å²) in [5, 5.41) is 4.24. The molecule has 19 heavy (non-hydrogen) atoms. The van der Waals surface area contributed by atoms with E-state index in [4.69, 9.17) is 16.3 Å². The van der Waals surface area contributed by atoms with Crippen molar-refractivity contribution in [2.24, 2.45) is 0 Å². The Balaban J connectivity index is 2.29. The number of rotatable bonds is 4. The molecular weight excluding hydrogens is 258 g/mol. The minimum absolute atomic E-state index is 0.0842. The van der Waals surface area contributed by atoms with Crippen LogP contribution in [0.25, 0.3) is 0 Å². The lowest BCUT2D eigenvalue weighted by Gasteiger charge is -2.39. The van der Waals surface area contributed by atoms with Crippen LogP contribution in [0, 0.1) is 0 Å². The van der Waals surface area contributed by atoms with E-state index in [0.29, 0.717) is 0 Å². The minimum Gasteiger partial charge on any atom is -0.376 e. The molecule has 0 bridgehead atoms. The zero-order valence-electron chi connectivity index (χ0n) is 11.9. The monoisotopic (exact) mass is 281 g/mol. The Morgan fingerprint density at radius 1 is 1.11 bits per heavy atom. The van der Waals surface area contributed by atoms with Crippen molar-refractivity contribution in [3.8, 4) is 0 Å². The summed E-state index contributed by atoms with van der Waals surface area (Å²) in [6.07, 6.45) is 7.39. The predicted molar refractivity (Wildman–Crippen MR) is 80.7 cm³/mol. The number of nitrogens with one attached hydrogen (secondary N) is 1. The van der Waals surface area contributed by atoms with E-state index in [2.05, 4.69) is 17.4 Å². The highest BCUT2D eigenvalue weighted by atomic mass is 35.5. The van der Waals surface area contributed by atoms with Crippen molar-refractivity contribution in [3.05, 3.63) is 34.9 Å². The van der Waals surface area contributed by atoms with Crippen LogP contribution in [0.1, 0.15) is 50.1 Å². The maximum absolute atomic E-state index is 6.00. The van der Waals surface area contributed by atoms with Gasteiger partial charge in [-0.2, -0.15) is 0 Å². The quantitative estimate of drug-likeness (QED) is 0.829. The third-order valence-corrected chi connectivity index (χ3v) is 4.63. The first-order valence-electron chi connectivity index (χ1n) is 7.20. The van der Waals surface area contributed by atoms with E-state index in [1.807, 2.05) is 26.3 Å². The van der Waals surface area contributed by atoms with E-state index < -0.39 is 0 Å². The molecule has 106 valence electrons.